The molecule has 24 heavy (non-hydrogen) atoms. The predicted molar refractivity (Wildman–Crippen MR) is 91.6 cm³/mol. The number of nitrogens with zero attached hydrogens (tertiary/aromatic N) is 1. The van der Waals surface area contributed by atoms with Crippen LogP contribution >= 0.6 is 0 Å². The fraction of sp³-hybridized carbons (Fsp3) is 0.353. The van der Waals surface area contributed by atoms with Gasteiger partial charge in [-0.25, -0.2) is 10.2 Å². The fourth-order valence-corrected chi connectivity index (χ4v) is 2.29. The highest BCUT2D eigenvalue weighted by molar-refractivity contribution is 5.95. The van der Waals surface area contributed by atoms with Crippen molar-refractivity contribution < 1.29 is 14.3 Å². The molecule has 2 rings (SSSR count). The van der Waals surface area contributed by atoms with E-state index in [0.717, 1.165) is 22.3 Å². The van der Waals surface area contributed by atoms with Gasteiger partial charge in [0, 0.05) is 6.20 Å². The van der Waals surface area contributed by atoms with Gasteiger partial charge in [0.2, 0.25) is 0 Å². The van der Waals surface area contributed by atoms with Crippen molar-refractivity contribution in [1.82, 2.24) is 15.4 Å². The Balaban J connectivity index is 2.12. The van der Waals surface area contributed by atoms with E-state index in [1.807, 2.05) is 27.7 Å². The molecule has 2 aromatic heterocycles. The number of H-pyrrole nitrogens is 2. The third-order valence-corrected chi connectivity index (χ3v) is 4.07. The molecule has 0 saturated heterocycles. The van der Waals surface area contributed by atoms with E-state index in [2.05, 4.69) is 20.5 Å². The van der Waals surface area contributed by atoms with Gasteiger partial charge in [-0.3, -0.25) is 4.79 Å². The van der Waals surface area contributed by atoms with Gasteiger partial charge in [0.15, 0.2) is 0 Å². The maximum atomic E-state index is 12.1. The van der Waals surface area contributed by atoms with Crippen molar-refractivity contribution >= 4 is 18.1 Å². The Morgan fingerprint density at radius 2 is 1.88 bits per heavy atom. The Labute approximate surface area is 140 Å². The van der Waals surface area contributed by atoms with Crippen LogP contribution in [-0.2, 0) is 4.74 Å². The minimum atomic E-state index is -0.403. The van der Waals surface area contributed by atoms with Crippen LogP contribution in [0.1, 0.15) is 55.8 Å². The zero-order chi connectivity index (χ0) is 17.9. The van der Waals surface area contributed by atoms with Crippen molar-refractivity contribution in [2.24, 2.45) is 5.10 Å². The number of carbonyl (C=O) groups is 2. The second-order valence-corrected chi connectivity index (χ2v) is 5.55. The van der Waals surface area contributed by atoms with E-state index in [4.69, 9.17) is 4.74 Å². The van der Waals surface area contributed by atoms with Crippen LogP contribution in [0.2, 0.25) is 0 Å². The highest BCUT2D eigenvalue weighted by Gasteiger charge is 2.17. The molecule has 0 bridgehead atoms. The Morgan fingerprint density at radius 1 is 1.17 bits per heavy atom. The van der Waals surface area contributed by atoms with Crippen LogP contribution in [0.4, 0.5) is 0 Å². The maximum absolute atomic E-state index is 12.1. The number of esters is 1. The second-order valence-electron chi connectivity index (χ2n) is 5.55. The van der Waals surface area contributed by atoms with Gasteiger partial charge in [-0.05, 0) is 56.9 Å². The lowest BCUT2D eigenvalue weighted by molar-refractivity contribution is 0.0519. The molecule has 3 N–H and O–H groups in total. The van der Waals surface area contributed by atoms with E-state index in [-0.39, 0.29) is 5.91 Å². The lowest BCUT2D eigenvalue weighted by Crippen LogP contribution is -2.19. The summed E-state index contributed by atoms with van der Waals surface area (Å²) in [5.41, 5.74) is 7.59. The fourth-order valence-electron chi connectivity index (χ4n) is 2.29. The molecule has 0 atom stereocenters. The topological polar surface area (TPSA) is 99.3 Å². The lowest BCUT2D eigenvalue weighted by Gasteiger charge is -1.99. The normalized spacial score (nSPS) is 11.0. The SMILES string of the molecule is CCOC(=O)c1[nH]c(/C=N/NC(=O)c2[nH]cc(C)c2C)c(C)c1C. The van der Waals surface area contributed by atoms with Gasteiger partial charge in [-0.1, -0.05) is 0 Å². The smallest absolute Gasteiger partial charge is 0.355 e. The number of hydrogen-bond acceptors (Lipinski definition) is 4. The van der Waals surface area contributed by atoms with E-state index < -0.39 is 5.97 Å². The summed E-state index contributed by atoms with van der Waals surface area (Å²) in [5, 5.41) is 3.96. The number of amides is 1. The van der Waals surface area contributed by atoms with Crippen molar-refractivity contribution in [2.75, 3.05) is 6.61 Å². The Kier molecular flexibility index (Phi) is 5.23. The number of carbonyl (C=O) groups excluding carboxylic acids is 2. The zero-order valence-electron chi connectivity index (χ0n) is 14.5. The molecule has 7 nitrogen and oxygen atoms in total. The summed E-state index contributed by atoms with van der Waals surface area (Å²) in [6.07, 6.45) is 3.26. The summed E-state index contributed by atoms with van der Waals surface area (Å²) in [4.78, 5) is 29.8. The molecule has 2 aromatic rings. The van der Waals surface area contributed by atoms with Gasteiger partial charge in [-0.2, -0.15) is 5.10 Å². The molecule has 0 aliphatic heterocycles. The van der Waals surface area contributed by atoms with Crippen LogP contribution in [0, 0.1) is 27.7 Å². The number of aryl methyl sites for hydroxylation is 1. The lowest BCUT2D eigenvalue weighted by atomic mass is 10.1. The van der Waals surface area contributed by atoms with Crippen LogP contribution < -0.4 is 5.43 Å². The molecule has 0 saturated carbocycles. The first-order valence-corrected chi connectivity index (χ1v) is 7.71. The Morgan fingerprint density at radius 3 is 2.46 bits per heavy atom. The molecule has 0 aromatic carbocycles. The molecule has 1 amide bonds. The maximum Gasteiger partial charge on any atom is 0.355 e. The predicted octanol–water partition coefficient (Wildman–Crippen LogP) is 2.52. The highest BCUT2D eigenvalue weighted by atomic mass is 16.5. The van der Waals surface area contributed by atoms with E-state index in [9.17, 15) is 9.59 Å². The molecule has 0 aliphatic carbocycles. The Bertz CT molecular complexity index is 799. The molecule has 7 heteroatoms. The molecular formula is C17H22N4O3. The van der Waals surface area contributed by atoms with Crippen molar-refractivity contribution in [3.63, 3.8) is 0 Å². The van der Waals surface area contributed by atoms with E-state index >= 15 is 0 Å². The molecule has 0 fully saturated rings. The van der Waals surface area contributed by atoms with Crippen LogP contribution in [0.3, 0.4) is 0 Å². The zero-order valence-corrected chi connectivity index (χ0v) is 14.5. The minimum Gasteiger partial charge on any atom is -0.461 e. The number of aromatic amines is 2. The van der Waals surface area contributed by atoms with Crippen molar-refractivity contribution in [2.45, 2.75) is 34.6 Å². The summed E-state index contributed by atoms with van der Waals surface area (Å²) < 4.78 is 5.00. The Hall–Kier alpha value is -2.83. The highest BCUT2D eigenvalue weighted by Crippen LogP contribution is 2.17. The van der Waals surface area contributed by atoms with Crippen LogP contribution in [0.15, 0.2) is 11.3 Å². The number of nitrogens with one attached hydrogen (secondary N) is 3. The number of hydrogen-bond donors (Lipinski definition) is 3. The standard InChI is InChI=1S/C17H22N4O3/c1-6-24-17(23)15-12(5)11(4)13(20-15)8-19-21-16(22)14-10(3)9(2)7-18-14/h7-8,18,20H,6H2,1-5H3,(H,21,22)/b19-8+. The van der Waals surface area contributed by atoms with E-state index in [1.165, 1.54) is 6.21 Å². The van der Waals surface area contributed by atoms with Gasteiger partial charge < -0.3 is 14.7 Å². The molecule has 0 radical (unpaired) electrons. The summed E-state index contributed by atoms with van der Waals surface area (Å²) >= 11 is 0. The summed E-state index contributed by atoms with van der Waals surface area (Å²) in [5.74, 6) is -0.720. The first kappa shape index (κ1) is 17.5. The van der Waals surface area contributed by atoms with Gasteiger partial charge in [0.1, 0.15) is 11.4 Å². The number of hydrazone groups is 1. The molecule has 2 heterocycles. The first-order chi connectivity index (χ1) is 11.4. The third kappa shape index (κ3) is 3.40. The molecule has 0 unspecified atom stereocenters. The average molecular weight is 330 g/mol. The number of rotatable bonds is 5. The third-order valence-electron chi connectivity index (χ3n) is 4.07. The first-order valence-electron chi connectivity index (χ1n) is 7.71. The van der Waals surface area contributed by atoms with Crippen LogP contribution in [0.25, 0.3) is 0 Å². The molecular weight excluding hydrogens is 308 g/mol. The monoisotopic (exact) mass is 330 g/mol. The molecule has 0 spiro atoms. The largest absolute Gasteiger partial charge is 0.461 e. The van der Waals surface area contributed by atoms with E-state index in [0.29, 0.717) is 23.7 Å². The van der Waals surface area contributed by atoms with Gasteiger partial charge in [0.25, 0.3) is 5.91 Å². The van der Waals surface area contributed by atoms with Crippen molar-refractivity contribution in [3.05, 3.63) is 45.5 Å². The molecule has 0 aliphatic rings. The van der Waals surface area contributed by atoms with Crippen molar-refractivity contribution in [1.29, 1.82) is 0 Å². The minimum absolute atomic E-state index is 0.310. The summed E-state index contributed by atoms with van der Waals surface area (Å²) in [7, 11) is 0. The quantitative estimate of drug-likeness (QED) is 0.446. The second kappa shape index (κ2) is 7.16. The summed E-state index contributed by atoms with van der Waals surface area (Å²) in [6.45, 7) is 9.56. The van der Waals surface area contributed by atoms with Crippen LogP contribution in [0.5, 0.6) is 0 Å². The van der Waals surface area contributed by atoms with Crippen molar-refractivity contribution in [3.8, 4) is 0 Å². The molecule has 128 valence electrons. The number of aromatic nitrogens is 2. The average Bonchev–Trinajstić information content (AvgIpc) is 3.02. The summed E-state index contributed by atoms with van der Waals surface area (Å²) in [6, 6.07) is 0. The van der Waals surface area contributed by atoms with Gasteiger partial charge in [0.05, 0.1) is 18.5 Å². The van der Waals surface area contributed by atoms with Gasteiger partial charge >= 0.3 is 5.97 Å². The number of ether oxygens (including phenoxy) is 1. The van der Waals surface area contributed by atoms with Gasteiger partial charge in [-0.15, -0.1) is 0 Å². The van der Waals surface area contributed by atoms with Crippen LogP contribution in [-0.4, -0.2) is 34.7 Å². The van der Waals surface area contributed by atoms with E-state index in [1.54, 1.807) is 13.1 Å².